The summed E-state index contributed by atoms with van der Waals surface area (Å²) in [7, 11) is 0. The molecule has 3 aromatic rings. The summed E-state index contributed by atoms with van der Waals surface area (Å²) in [6.45, 7) is 0. The van der Waals surface area contributed by atoms with Crippen LogP contribution in [0.1, 0.15) is 35.1 Å². The summed E-state index contributed by atoms with van der Waals surface area (Å²) >= 11 is 1.82. The predicted molar refractivity (Wildman–Crippen MR) is 83.2 cm³/mol. The topological polar surface area (TPSA) is 64.9 Å². The fourth-order valence-corrected chi connectivity index (χ4v) is 3.90. The van der Waals surface area contributed by atoms with Crippen LogP contribution in [-0.4, -0.2) is 10.1 Å². The third-order valence-electron chi connectivity index (χ3n) is 3.94. The van der Waals surface area contributed by atoms with E-state index in [1.165, 1.54) is 23.3 Å². The van der Waals surface area contributed by atoms with E-state index in [0.29, 0.717) is 17.4 Å². The summed E-state index contributed by atoms with van der Waals surface area (Å²) in [5.41, 5.74) is 8.77. The molecule has 4 nitrogen and oxygen atoms in total. The Kier molecular flexibility index (Phi) is 3.00. The Hall–Kier alpha value is -2.14. The van der Waals surface area contributed by atoms with Crippen molar-refractivity contribution >= 4 is 17.0 Å². The number of nitrogens with two attached hydrogens (primary N) is 1. The third kappa shape index (κ3) is 2.23. The summed E-state index contributed by atoms with van der Waals surface area (Å²) < 4.78 is 5.53. The van der Waals surface area contributed by atoms with Gasteiger partial charge >= 0.3 is 0 Å². The molecule has 0 aliphatic heterocycles. The average molecular weight is 297 g/mol. The lowest BCUT2D eigenvalue weighted by molar-refractivity contribution is 0.355. The van der Waals surface area contributed by atoms with E-state index in [-0.39, 0.29) is 5.92 Å². The highest BCUT2D eigenvalue weighted by atomic mass is 32.1. The standard InChI is InChI=1S/C16H15N3OS/c17-11-4-1-3-10(9-11)15-18-16(20-19-15)13-5-2-6-14-12(13)7-8-21-14/h1,3-4,7-9,13H,2,5-6,17H2. The molecule has 2 heterocycles. The van der Waals surface area contributed by atoms with Crippen LogP contribution in [0.4, 0.5) is 5.69 Å². The summed E-state index contributed by atoms with van der Waals surface area (Å²) in [6.07, 6.45) is 3.41. The van der Waals surface area contributed by atoms with E-state index < -0.39 is 0 Å². The highest BCUT2D eigenvalue weighted by molar-refractivity contribution is 7.10. The van der Waals surface area contributed by atoms with E-state index in [4.69, 9.17) is 10.3 Å². The molecule has 5 heteroatoms. The fraction of sp³-hybridized carbons (Fsp3) is 0.250. The average Bonchev–Trinajstić information content (AvgIpc) is 3.16. The molecule has 1 aliphatic rings. The first-order valence-corrected chi connectivity index (χ1v) is 7.95. The minimum Gasteiger partial charge on any atom is -0.399 e. The van der Waals surface area contributed by atoms with Crippen LogP contribution < -0.4 is 5.73 Å². The second kappa shape index (κ2) is 5.00. The molecule has 1 atom stereocenters. The normalized spacial score (nSPS) is 17.6. The predicted octanol–water partition coefficient (Wildman–Crippen LogP) is 3.85. The van der Waals surface area contributed by atoms with E-state index >= 15 is 0 Å². The largest absolute Gasteiger partial charge is 0.399 e. The fourth-order valence-electron chi connectivity index (χ4n) is 2.91. The van der Waals surface area contributed by atoms with Gasteiger partial charge < -0.3 is 10.3 Å². The first-order valence-electron chi connectivity index (χ1n) is 7.07. The SMILES string of the molecule is Nc1cccc(-c2noc(C3CCCc4sccc43)n2)c1. The number of hydrogen-bond donors (Lipinski definition) is 1. The molecule has 2 aromatic heterocycles. The quantitative estimate of drug-likeness (QED) is 0.730. The lowest BCUT2D eigenvalue weighted by Gasteiger charge is -2.18. The Morgan fingerprint density at radius 1 is 1.29 bits per heavy atom. The number of hydrogen-bond acceptors (Lipinski definition) is 5. The minimum absolute atomic E-state index is 0.238. The van der Waals surface area contributed by atoms with Crippen LogP contribution in [0.2, 0.25) is 0 Å². The zero-order valence-electron chi connectivity index (χ0n) is 11.5. The number of benzene rings is 1. The summed E-state index contributed by atoms with van der Waals surface area (Å²) in [4.78, 5) is 6.05. The summed E-state index contributed by atoms with van der Waals surface area (Å²) in [5.74, 6) is 1.56. The minimum atomic E-state index is 0.238. The molecule has 106 valence electrons. The van der Waals surface area contributed by atoms with Gasteiger partial charge in [0.2, 0.25) is 11.7 Å². The maximum absolute atomic E-state index is 5.81. The first kappa shape index (κ1) is 12.6. The monoisotopic (exact) mass is 297 g/mol. The molecule has 4 rings (SSSR count). The molecule has 1 aliphatic carbocycles. The van der Waals surface area contributed by atoms with Crippen LogP contribution in [0.3, 0.4) is 0 Å². The molecule has 2 N–H and O–H groups in total. The number of fused-ring (bicyclic) bond motifs is 1. The van der Waals surface area contributed by atoms with Gasteiger partial charge in [0.25, 0.3) is 0 Å². The molecule has 0 fully saturated rings. The van der Waals surface area contributed by atoms with E-state index in [1.54, 1.807) is 0 Å². The van der Waals surface area contributed by atoms with Crippen LogP contribution in [0.25, 0.3) is 11.4 Å². The maximum Gasteiger partial charge on any atom is 0.234 e. The van der Waals surface area contributed by atoms with E-state index in [9.17, 15) is 0 Å². The van der Waals surface area contributed by atoms with Gasteiger partial charge in [0.1, 0.15) is 0 Å². The molecule has 0 radical (unpaired) electrons. The molecule has 0 saturated heterocycles. The van der Waals surface area contributed by atoms with Gasteiger partial charge in [0.15, 0.2) is 0 Å². The van der Waals surface area contributed by atoms with Crippen molar-refractivity contribution in [2.75, 3.05) is 5.73 Å². The Balaban J connectivity index is 1.70. The van der Waals surface area contributed by atoms with Gasteiger partial charge in [-0.3, -0.25) is 0 Å². The molecule has 1 unspecified atom stereocenters. The Bertz CT molecular complexity index is 777. The highest BCUT2D eigenvalue weighted by Gasteiger charge is 2.27. The molecule has 0 bridgehead atoms. The zero-order chi connectivity index (χ0) is 14.2. The molecule has 0 amide bonds. The van der Waals surface area contributed by atoms with Crippen molar-refractivity contribution in [3.05, 3.63) is 52.0 Å². The van der Waals surface area contributed by atoms with Crippen molar-refractivity contribution in [1.29, 1.82) is 0 Å². The Morgan fingerprint density at radius 3 is 3.14 bits per heavy atom. The van der Waals surface area contributed by atoms with Gasteiger partial charge in [-0.05, 0) is 48.4 Å². The molecule has 21 heavy (non-hydrogen) atoms. The van der Waals surface area contributed by atoms with Gasteiger partial charge in [-0.15, -0.1) is 11.3 Å². The first-order chi connectivity index (χ1) is 10.3. The van der Waals surface area contributed by atoms with Crippen LogP contribution in [0.15, 0.2) is 40.2 Å². The second-order valence-electron chi connectivity index (χ2n) is 5.33. The van der Waals surface area contributed by atoms with Crippen molar-refractivity contribution in [2.24, 2.45) is 0 Å². The number of nitrogens with zero attached hydrogens (tertiary/aromatic N) is 2. The third-order valence-corrected chi connectivity index (χ3v) is 4.93. The van der Waals surface area contributed by atoms with Crippen LogP contribution in [-0.2, 0) is 6.42 Å². The maximum atomic E-state index is 5.81. The number of aryl methyl sites for hydroxylation is 1. The molecule has 0 saturated carbocycles. The molecular formula is C16H15N3OS. The molecule has 1 aromatic carbocycles. The molecule has 0 spiro atoms. The van der Waals surface area contributed by atoms with Gasteiger partial charge in [-0.2, -0.15) is 4.98 Å². The summed E-state index contributed by atoms with van der Waals surface area (Å²) in [5, 5.41) is 6.27. The van der Waals surface area contributed by atoms with Crippen LogP contribution in [0, 0.1) is 0 Å². The number of anilines is 1. The molecular weight excluding hydrogens is 282 g/mol. The van der Waals surface area contributed by atoms with Crippen molar-refractivity contribution in [3.8, 4) is 11.4 Å². The zero-order valence-corrected chi connectivity index (χ0v) is 12.3. The lowest BCUT2D eigenvalue weighted by Crippen LogP contribution is -2.08. The van der Waals surface area contributed by atoms with Crippen LogP contribution >= 0.6 is 11.3 Å². The van der Waals surface area contributed by atoms with E-state index in [1.807, 2.05) is 35.6 Å². The van der Waals surface area contributed by atoms with Gasteiger partial charge in [-0.25, -0.2) is 0 Å². The highest BCUT2D eigenvalue weighted by Crippen LogP contribution is 2.38. The van der Waals surface area contributed by atoms with E-state index in [2.05, 4.69) is 21.6 Å². The van der Waals surface area contributed by atoms with Gasteiger partial charge in [0.05, 0.1) is 5.92 Å². The van der Waals surface area contributed by atoms with Crippen molar-refractivity contribution in [2.45, 2.75) is 25.2 Å². The van der Waals surface area contributed by atoms with Crippen molar-refractivity contribution in [3.63, 3.8) is 0 Å². The van der Waals surface area contributed by atoms with Gasteiger partial charge in [-0.1, -0.05) is 17.3 Å². The Morgan fingerprint density at radius 2 is 2.24 bits per heavy atom. The van der Waals surface area contributed by atoms with Crippen molar-refractivity contribution in [1.82, 2.24) is 10.1 Å². The van der Waals surface area contributed by atoms with Gasteiger partial charge in [0, 0.05) is 16.1 Å². The number of thiophene rings is 1. The second-order valence-corrected chi connectivity index (χ2v) is 6.33. The Labute approximate surface area is 126 Å². The number of rotatable bonds is 2. The number of aromatic nitrogens is 2. The van der Waals surface area contributed by atoms with E-state index in [0.717, 1.165) is 12.0 Å². The lowest BCUT2D eigenvalue weighted by atomic mass is 9.88. The summed E-state index contributed by atoms with van der Waals surface area (Å²) in [6, 6.07) is 9.75. The van der Waals surface area contributed by atoms with Crippen LogP contribution in [0.5, 0.6) is 0 Å². The number of nitrogen functional groups attached to an aromatic ring is 1. The smallest absolute Gasteiger partial charge is 0.234 e. The van der Waals surface area contributed by atoms with Crippen molar-refractivity contribution < 1.29 is 4.52 Å².